The van der Waals surface area contributed by atoms with Crippen molar-refractivity contribution in [3.63, 3.8) is 0 Å². The molecule has 3 rings (SSSR count). The van der Waals surface area contributed by atoms with E-state index in [1.807, 2.05) is 13.8 Å². The zero-order valence-corrected chi connectivity index (χ0v) is 18.8. The third kappa shape index (κ3) is 6.14. The number of nitrogens with zero attached hydrogens (tertiary/aromatic N) is 2. The van der Waals surface area contributed by atoms with E-state index in [1.165, 1.54) is 0 Å². The zero-order chi connectivity index (χ0) is 18.8. The summed E-state index contributed by atoms with van der Waals surface area (Å²) < 4.78 is 38.6. The van der Waals surface area contributed by atoms with Gasteiger partial charge in [-0.25, -0.2) is 4.68 Å². The van der Waals surface area contributed by atoms with Crippen molar-refractivity contribution in [3.05, 3.63) is 53.3 Å². The molecule has 1 heterocycles. The van der Waals surface area contributed by atoms with E-state index in [-0.39, 0.29) is 63.1 Å². The predicted molar refractivity (Wildman–Crippen MR) is 96.1 cm³/mol. The van der Waals surface area contributed by atoms with E-state index >= 15 is 0 Å². The van der Waals surface area contributed by atoms with E-state index in [1.54, 1.807) is 31.2 Å². The Morgan fingerprint density at radius 2 is 1.78 bits per heavy atom. The third-order valence-electron chi connectivity index (χ3n) is 3.86. The van der Waals surface area contributed by atoms with E-state index in [9.17, 15) is 23.1 Å². The smallest absolute Gasteiger partial charge is 0.408 e. The normalized spacial score (nSPS) is 13.0. The maximum atomic E-state index is 12.7. The first-order chi connectivity index (χ1) is 11.8. The van der Waals surface area contributed by atoms with Crippen LogP contribution in [0.4, 0.5) is 13.2 Å². The van der Waals surface area contributed by atoms with Crippen molar-refractivity contribution in [3.8, 4) is 16.9 Å². The molecule has 0 amide bonds. The number of aromatic nitrogens is 2. The van der Waals surface area contributed by atoms with Gasteiger partial charge in [-0.15, -0.1) is 0 Å². The molecule has 1 saturated carbocycles. The van der Waals surface area contributed by atoms with E-state index in [0.717, 1.165) is 12.8 Å². The first-order valence-electron chi connectivity index (χ1n) is 8.24. The molecule has 1 radical (unpaired) electrons. The number of hydrogen-bond donors (Lipinski definition) is 1. The fourth-order valence-corrected chi connectivity index (χ4v) is 2.59. The second kappa shape index (κ2) is 10.4. The van der Waals surface area contributed by atoms with Gasteiger partial charge in [0.05, 0.1) is 5.56 Å². The van der Waals surface area contributed by atoms with Crippen LogP contribution in [0.1, 0.15) is 43.9 Å². The number of benzene rings is 1. The SMILES string of the molecule is CC.Cc1ccccc1-c1c(O)c(C2CC2)nn(CC(F)(F)F)c1=O.[CH3-].[Y]. The van der Waals surface area contributed by atoms with Crippen molar-refractivity contribution < 1.29 is 51.0 Å². The van der Waals surface area contributed by atoms with Gasteiger partial charge in [0.1, 0.15) is 12.2 Å². The third-order valence-corrected chi connectivity index (χ3v) is 3.86. The van der Waals surface area contributed by atoms with E-state index in [2.05, 4.69) is 5.10 Å². The molecule has 27 heavy (non-hydrogen) atoms. The average molecular weight is 458 g/mol. The van der Waals surface area contributed by atoms with Crippen LogP contribution in [0.25, 0.3) is 11.1 Å². The summed E-state index contributed by atoms with van der Waals surface area (Å²) in [5, 5.41) is 14.2. The summed E-state index contributed by atoms with van der Waals surface area (Å²) in [5.74, 6) is -0.386. The fraction of sp³-hybridized carbons (Fsp3) is 0.421. The fourth-order valence-electron chi connectivity index (χ4n) is 2.59. The van der Waals surface area contributed by atoms with Gasteiger partial charge in [0.25, 0.3) is 5.56 Å². The van der Waals surface area contributed by atoms with Crippen molar-refractivity contribution in [1.82, 2.24) is 9.78 Å². The summed E-state index contributed by atoms with van der Waals surface area (Å²) in [5.41, 5.74) is 0.261. The number of aryl methyl sites for hydroxylation is 1. The second-order valence-electron chi connectivity index (χ2n) is 5.78. The Balaban J connectivity index is 0.00000164. The summed E-state index contributed by atoms with van der Waals surface area (Å²) in [4.78, 5) is 12.5. The standard InChI is InChI=1S/C16H15F3N2O2.C2H6.CH3.Y/c1-9-4-2-3-5-11(9)12-14(22)13(10-6-7-10)20-21(15(12)23)8-16(17,18)19;1-2;;/h2-5,10,22H,6-8H2,1H3;1-2H3;1H3;/q;;-1;. The molecule has 0 aliphatic heterocycles. The van der Waals surface area contributed by atoms with Crippen LogP contribution in [0.5, 0.6) is 5.75 Å². The molecule has 1 N–H and O–H groups in total. The number of rotatable bonds is 3. The molecule has 147 valence electrons. The van der Waals surface area contributed by atoms with Gasteiger partial charge in [-0.2, -0.15) is 18.3 Å². The summed E-state index contributed by atoms with van der Waals surface area (Å²) in [7, 11) is 0. The minimum Gasteiger partial charge on any atom is -0.505 e. The second-order valence-corrected chi connectivity index (χ2v) is 5.78. The van der Waals surface area contributed by atoms with E-state index in [4.69, 9.17) is 0 Å². The predicted octanol–water partition coefficient (Wildman–Crippen LogP) is 4.84. The van der Waals surface area contributed by atoms with Crippen molar-refractivity contribution in [2.24, 2.45) is 0 Å². The van der Waals surface area contributed by atoms with Gasteiger partial charge in [0, 0.05) is 38.6 Å². The Labute approximate surface area is 182 Å². The molecule has 0 saturated heterocycles. The van der Waals surface area contributed by atoms with Crippen LogP contribution in [-0.4, -0.2) is 21.1 Å². The van der Waals surface area contributed by atoms with Gasteiger partial charge in [0.15, 0.2) is 5.75 Å². The van der Waals surface area contributed by atoms with Gasteiger partial charge in [-0.1, -0.05) is 38.1 Å². The maximum Gasteiger partial charge on any atom is 0.408 e. The van der Waals surface area contributed by atoms with Gasteiger partial charge < -0.3 is 12.5 Å². The quantitative estimate of drug-likeness (QED) is 0.670. The van der Waals surface area contributed by atoms with Crippen LogP contribution >= 0.6 is 0 Å². The Kier molecular flexibility index (Phi) is 9.91. The molecule has 0 bridgehead atoms. The van der Waals surface area contributed by atoms with Crippen molar-refractivity contribution in [2.45, 2.75) is 52.3 Å². The van der Waals surface area contributed by atoms with Crippen LogP contribution in [0.2, 0.25) is 0 Å². The number of alkyl halides is 3. The Hall–Kier alpha value is -1.21. The van der Waals surface area contributed by atoms with Crippen LogP contribution < -0.4 is 5.56 Å². The maximum absolute atomic E-state index is 12.7. The molecule has 1 fully saturated rings. The summed E-state index contributed by atoms with van der Waals surface area (Å²) in [6, 6.07) is 6.78. The minimum absolute atomic E-state index is 0. The van der Waals surface area contributed by atoms with Crippen molar-refractivity contribution in [1.29, 1.82) is 0 Å². The molecule has 1 aromatic carbocycles. The van der Waals surface area contributed by atoms with Gasteiger partial charge in [0.2, 0.25) is 0 Å². The topological polar surface area (TPSA) is 55.1 Å². The number of aromatic hydroxyl groups is 1. The van der Waals surface area contributed by atoms with E-state index in [0.29, 0.717) is 15.8 Å². The first-order valence-corrected chi connectivity index (χ1v) is 8.24. The largest absolute Gasteiger partial charge is 0.505 e. The molecule has 0 atom stereocenters. The van der Waals surface area contributed by atoms with Gasteiger partial charge in [-0.3, -0.25) is 4.79 Å². The molecular weight excluding hydrogens is 434 g/mol. The Morgan fingerprint density at radius 3 is 2.26 bits per heavy atom. The molecule has 0 spiro atoms. The monoisotopic (exact) mass is 458 g/mol. The van der Waals surface area contributed by atoms with Gasteiger partial charge >= 0.3 is 6.18 Å². The van der Waals surface area contributed by atoms with Crippen LogP contribution in [0, 0.1) is 14.4 Å². The van der Waals surface area contributed by atoms with Crippen LogP contribution in [-0.2, 0) is 39.3 Å². The average Bonchev–Trinajstić information content (AvgIpc) is 3.37. The zero-order valence-electron chi connectivity index (χ0n) is 16.0. The molecule has 1 aliphatic carbocycles. The molecule has 0 unspecified atom stereocenters. The van der Waals surface area contributed by atoms with Gasteiger partial charge in [-0.05, 0) is 30.9 Å². The van der Waals surface area contributed by atoms with E-state index < -0.39 is 18.3 Å². The number of hydrogen-bond acceptors (Lipinski definition) is 3. The Bertz CT molecular complexity index is 816. The molecule has 4 nitrogen and oxygen atoms in total. The molecule has 8 heteroatoms. The number of halogens is 3. The summed E-state index contributed by atoms with van der Waals surface area (Å²) in [6.45, 7) is 4.27. The minimum atomic E-state index is -4.56. The summed E-state index contributed by atoms with van der Waals surface area (Å²) in [6.07, 6.45) is -3.06. The van der Waals surface area contributed by atoms with Crippen molar-refractivity contribution >= 4 is 0 Å². The van der Waals surface area contributed by atoms with Crippen molar-refractivity contribution in [2.75, 3.05) is 0 Å². The van der Waals surface area contributed by atoms with Crippen LogP contribution in [0.15, 0.2) is 29.1 Å². The summed E-state index contributed by atoms with van der Waals surface area (Å²) >= 11 is 0. The first kappa shape index (κ1) is 25.8. The molecule has 1 aromatic heterocycles. The molecular formula is C19H24F3N2O2Y-. The molecule has 2 aromatic rings. The Morgan fingerprint density at radius 1 is 1.22 bits per heavy atom. The van der Waals surface area contributed by atoms with Crippen LogP contribution in [0.3, 0.4) is 0 Å². The molecule has 1 aliphatic rings.